The first-order chi connectivity index (χ1) is 7.93. The Hall–Kier alpha value is -1.40. The van der Waals surface area contributed by atoms with Gasteiger partial charge in [-0.3, -0.25) is 4.79 Å². The van der Waals surface area contributed by atoms with Gasteiger partial charge in [-0.05, 0) is 12.8 Å². The van der Waals surface area contributed by atoms with E-state index < -0.39 is 30.5 Å². The van der Waals surface area contributed by atoms with Crippen molar-refractivity contribution in [3.8, 4) is 0 Å². The molecule has 2 amide bonds. The van der Waals surface area contributed by atoms with Gasteiger partial charge in [0.05, 0.1) is 18.5 Å². The van der Waals surface area contributed by atoms with Crippen molar-refractivity contribution in [3.05, 3.63) is 0 Å². The summed E-state index contributed by atoms with van der Waals surface area (Å²) < 4.78 is 23.8. The molecule has 0 atom stereocenters. The Morgan fingerprint density at radius 1 is 1.29 bits per heavy atom. The fourth-order valence-corrected chi connectivity index (χ4v) is 2.14. The number of carboxylic acids is 1. The van der Waals surface area contributed by atoms with Crippen molar-refractivity contribution in [2.24, 2.45) is 0 Å². The van der Waals surface area contributed by atoms with Crippen LogP contribution in [0.5, 0.6) is 0 Å². The van der Waals surface area contributed by atoms with Crippen LogP contribution in [-0.2, 0) is 4.79 Å². The van der Waals surface area contributed by atoms with E-state index in [1.165, 1.54) is 0 Å². The molecule has 1 fully saturated rings. The lowest BCUT2D eigenvalue weighted by Gasteiger charge is -2.28. The second-order valence-electron chi connectivity index (χ2n) is 4.28. The first-order valence-corrected chi connectivity index (χ1v) is 5.49. The molecule has 0 unspecified atom stereocenters. The van der Waals surface area contributed by atoms with Crippen LogP contribution in [0.4, 0.5) is 13.6 Å². The highest BCUT2D eigenvalue weighted by Gasteiger charge is 2.37. The predicted octanol–water partition coefficient (Wildman–Crippen LogP) is 1.34. The molecule has 1 saturated carbocycles. The van der Waals surface area contributed by atoms with Crippen molar-refractivity contribution in [2.75, 3.05) is 6.54 Å². The molecule has 0 saturated heterocycles. The molecule has 17 heavy (non-hydrogen) atoms. The second-order valence-corrected chi connectivity index (χ2v) is 4.28. The van der Waals surface area contributed by atoms with Gasteiger partial charge in [-0.2, -0.15) is 0 Å². The Morgan fingerprint density at radius 3 is 2.35 bits per heavy atom. The summed E-state index contributed by atoms with van der Waals surface area (Å²) in [4.78, 5) is 22.1. The predicted molar refractivity (Wildman–Crippen MR) is 56.0 cm³/mol. The van der Waals surface area contributed by atoms with Gasteiger partial charge in [0.15, 0.2) is 0 Å². The molecule has 0 spiro atoms. The standard InChI is InChI=1S/C10H16F2N2O3/c11-7(12)6-13-9(17)14-10(5-8(15)16)3-1-2-4-10/h7H,1-6H2,(H,15,16)(H2,13,14,17). The average molecular weight is 250 g/mol. The van der Waals surface area contributed by atoms with Crippen LogP contribution in [0, 0.1) is 0 Å². The largest absolute Gasteiger partial charge is 0.481 e. The van der Waals surface area contributed by atoms with Crippen molar-refractivity contribution in [1.82, 2.24) is 10.6 Å². The quantitative estimate of drug-likeness (QED) is 0.689. The molecule has 0 radical (unpaired) electrons. The van der Waals surface area contributed by atoms with Crippen LogP contribution < -0.4 is 10.6 Å². The van der Waals surface area contributed by atoms with Gasteiger partial charge in [0.1, 0.15) is 0 Å². The van der Waals surface area contributed by atoms with Crippen LogP contribution in [0.1, 0.15) is 32.1 Å². The van der Waals surface area contributed by atoms with Gasteiger partial charge in [-0.1, -0.05) is 12.8 Å². The minimum atomic E-state index is -2.61. The number of nitrogens with one attached hydrogen (secondary N) is 2. The zero-order valence-corrected chi connectivity index (χ0v) is 9.34. The molecule has 0 aromatic carbocycles. The number of carbonyl (C=O) groups is 2. The van der Waals surface area contributed by atoms with E-state index in [-0.39, 0.29) is 6.42 Å². The van der Waals surface area contributed by atoms with E-state index in [9.17, 15) is 18.4 Å². The Morgan fingerprint density at radius 2 is 1.88 bits per heavy atom. The van der Waals surface area contributed by atoms with E-state index in [2.05, 4.69) is 5.32 Å². The second kappa shape index (κ2) is 5.79. The molecule has 0 heterocycles. The van der Waals surface area contributed by atoms with E-state index in [1.54, 1.807) is 0 Å². The van der Waals surface area contributed by atoms with Crippen LogP contribution >= 0.6 is 0 Å². The number of hydrogen-bond donors (Lipinski definition) is 3. The van der Waals surface area contributed by atoms with Gasteiger partial charge >= 0.3 is 12.0 Å². The molecule has 0 aromatic rings. The first kappa shape index (κ1) is 13.7. The topological polar surface area (TPSA) is 78.4 Å². The lowest BCUT2D eigenvalue weighted by atomic mass is 9.93. The number of carbonyl (C=O) groups excluding carboxylic acids is 1. The average Bonchev–Trinajstić information content (AvgIpc) is 2.62. The third-order valence-electron chi connectivity index (χ3n) is 2.85. The summed E-state index contributed by atoms with van der Waals surface area (Å²) in [5.41, 5.74) is -0.780. The van der Waals surface area contributed by atoms with E-state index in [0.717, 1.165) is 12.8 Å². The smallest absolute Gasteiger partial charge is 0.315 e. The van der Waals surface area contributed by atoms with Crippen LogP contribution in [0.2, 0.25) is 0 Å². The molecular formula is C10H16F2N2O3. The van der Waals surface area contributed by atoms with Crippen molar-refractivity contribution < 1.29 is 23.5 Å². The third kappa shape index (κ3) is 4.54. The number of urea groups is 1. The summed E-state index contributed by atoms with van der Waals surface area (Å²) in [5, 5.41) is 13.3. The van der Waals surface area contributed by atoms with Crippen molar-refractivity contribution in [3.63, 3.8) is 0 Å². The van der Waals surface area contributed by atoms with Gasteiger partial charge < -0.3 is 15.7 Å². The van der Waals surface area contributed by atoms with Gasteiger partial charge in [-0.15, -0.1) is 0 Å². The minimum Gasteiger partial charge on any atom is -0.481 e. The monoisotopic (exact) mass is 250 g/mol. The minimum absolute atomic E-state index is 0.172. The van der Waals surface area contributed by atoms with E-state index in [1.807, 2.05) is 5.32 Å². The number of aliphatic carboxylic acids is 1. The van der Waals surface area contributed by atoms with Crippen LogP contribution in [0.3, 0.4) is 0 Å². The molecule has 0 aliphatic heterocycles. The molecule has 98 valence electrons. The summed E-state index contributed by atoms with van der Waals surface area (Å²) in [7, 11) is 0. The van der Waals surface area contributed by atoms with Crippen molar-refractivity contribution >= 4 is 12.0 Å². The maximum absolute atomic E-state index is 11.9. The lowest BCUT2D eigenvalue weighted by Crippen LogP contribution is -2.52. The van der Waals surface area contributed by atoms with Gasteiger partial charge in [-0.25, -0.2) is 13.6 Å². The molecule has 0 aromatic heterocycles. The summed E-state index contributed by atoms with van der Waals surface area (Å²) in [6.07, 6.45) is 0.0302. The van der Waals surface area contributed by atoms with Gasteiger partial charge in [0.2, 0.25) is 0 Å². The maximum Gasteiger partial charge on any atom is 0.315 e. The molecule has 1 aliphatic rings. The summed E-state index contributed by atoms with van der Waals surface area (Å²) in [6, 6.07) is -0.728. The number of hydrogen-bond acceptors (Lipinski definition) is 2. The van der Waals surface area contributed by atoms with Crippen molar-refractivity contribution in [1.29, 1.82) is 0 Å². The molecular weight excluding hydrogens is 234 g/mol. The normalized spacial score (nSPS) is 18.1. The number of rotatable bonds is 5. The molecule has 0 bridgehead atoms. The highest BCUT2D eigenvalue weighted by molar-refractivity contribution is 5.76. The van der Waals surface area contributed by atoms with Crippen LogP contribution in [0.15, 0.2) is 0 Å². The Labute approximate surface area is 97.6 Å². The Kier molecular flexibility index (Phi) is 4.65. The lowest BCUT2D eigenvalue weighted by molar-refractivity contribution is -0.138. The van der Waals surface area contributed by atoms with Gasteiger partial charge in [0, 0.05) is 0 Å². The molecule has 5 nitrogen and oxygen atoms in total. The van der Waals surface area contributed by atoms with Crippen LogP contribution in [0.25, 0.3) is 0 Å². The van der Waals surface area contributed by atoms with E-state index >= 15 is 0 Å². The molecule has 3 N–H and O–H groups in total. The Balaban J connectivity index is 2.49. The fraction of sp³-hybridized carbons (Fsp3) is 0.800. The third-order valence-corrected chi connectivity index (χ3v) is 2.85. The first-order valence-electron chi connectivity index (χ1n) is 5.49. The Bertz CT molecular complexity index is 291. The SMILES string of the molecule is O=C(O)CC1(NC(=O)NCC(F)F)CCCC1. The van der Waals surface area contributed by atoms with Gasteiger partial charge in [0.25, 0.3) is 6.43 Å². The number of halogens is 2. The molecule has 1 aliphatic carbocycles. The summed E-state index contributed by atoms with van der Waals surface area (Å²) in [5.74, 6) is -0.999. The number of carboxylic acid groups (broad SMARTS) is 1. The zero-order valence-electron chi connectivity index (χ0n) is 9.34. The summed E-state index contributed by atoms with van der Waals surface area (Å²) in [6.45, 7) is -0.727. The van der Waals surface area contributed by atoms with Crippen LogP contribution in [-0.4, -0.2) is 35.6 Å². The maximum atomic E-state index is 11.9. The van der Waals surface area contributed by atoms with E-state index in [0.29, 0.717) is 12.8 Å². The number of amides is 2. The zero-order chi connectivity index (χ0) is 12.9. The summed E-state index contributed by atoms with van der Waals surface area (Å²) >= 11 is 0. The molecule has 1 rings (SSSR count). The number of alkyl halides is 2. The molecule has 7 heteroatoms. The van der Waals surface area contributed by atoms with E-state index in [4.69, 9.17) is 5.11 Å². The highest BCUT2D eigenvalue weighted by atomic mass is 19.3. The highest BCUT2D eigenvalue weighted by Crippen LogP contribution is 2.32. The fourth-order valence-electron chi connectivity index (χ4n) is 2.14. The van der Waals surface area contributed by atoms with Crippen molar-refractivity contribution in [2.45, 2.75) is 44.1 Å².